The highest BCUT2D eigenvalue weighted by Crippen LogP contribution is 2.15. The van der Waals surface area contributed by atoms with Crippen LogP contribution in [0.5, 0.6) is 0 Å². The molecule has 22 heavy (non-hydrogen) atoms. The molecule has 2 rings (SSSR count). The molecule has 1 N–H and O–H groups in total. The van der Waals surface area contributed by atoms with E-state index in [9.17, 15) is 4.79 Å². The summed E-state index contributed by atoms with van der Waals surface area (Å²) >= 11 is 3.42. The molecule has 0 aliphatic carbocycles. The summed E-state index contributed by atoms with van der Waals surface area (Å²) < 4.78 is 2.86. The topological polar surface area (TPSA) is 37.3 Å². The first-order valence-electron chi connectivity index (χ1n) is 7.36. The van der Waals surface area contributed by atoms with E-state index in [4.69, 9.17) is 0 Å². The van der Waals surface area contributed by atoms with Gasteiger partial charge in [0.1, 0.15) is 5.69 Å². The van der Waals surface area contributed by atoms with Crippen molar-refractivity contribution in [1.29, 1.82) is 0 Å². The lowest BCUT2D eigenvalue weighted by Gasteiger charge is -2.15. The van der Waals surface area contributed by atoms with Crippen LogP contribution in [0.25, 0.3) is 0 Å². The zero-order chi connectivity index (χ0) is 16.1. The van der Waals surface area contributed by atoms with Crippen molar-refractivity contribution in [2.45, 2.75) is 26.6 Å². The van der Waals surface area contributed by atoms with E-state index in [1.807, 2.05) is 50.0 Å². The van der Waals surface area contributed by atoms with Gasteiger partial charge in [0.05, 0.1) is 0 Å². The van der Waals surface area contributed by atoms with Crippen molar-refractivity contribution >= 4 is 21.8 Å². The Morgan fingerprint density at radius 3 is 2.59 bits per heavy atom. The van der Waals surface area contributed by atoms with Gasteiger partial charge < -0.3 is 14.8 Å². The molecule has 4 nitrogen and oxygen atoms in total. The van der Waals surface area contributed by atoms with Crippen LogP contribution in [-0.2, 0) is 19.6 Å². The van der Waals surface area contributed by atoms with Gasteiger partial charge in [-0.25, -0.2) is 0 Å². The number of rotatable bonds is 6. The fraction of sp³-hybridized carbons (Fsp3) is 0.353. The number of carbonyl (C=O) groups is 1. The Morgan fingerprint density at radius 2 is 1.95 bits per heavy atom. The lowest BCUT2D eigenvalue weighted by molar-refractivity contribution is 0.0941. The Balaban J connectivity index is 2.08. The van der Waals surface area contributed by atoms with Gasteiger partial charge in [-0.05, 0) is 54.1 Å². The summed E-state index contributed by atoms with van der Waals surface area (Å²) in [4.78, 5) is 14.5. The largest absolute Gasteiger partial charge is 0.347 e. The van der Waals surface area contributed by atoms with Crippen molar-refractivity contribution < 1.29 is 4.79 Å². The summed E-state index contributed by atoms with van der Waals surface area (Å²) in [7, 11) is 4.09. The molecule has 118 valence electrons. The number of aromatic nitrogens is 1. The van der Waals surface area contributed by atoms with E-state index in [0.29, 0.717) is 12.2 Å². The van der Waals surface area contributed by atoms with Gasteiger partial charge in [0.15, 0.2) is 0 Å². The van der Waals surface area contributed by atoms with Crippen molar-refractivity contribution in [1.82, 2.24) is 14.8 Å². The van der Waals surface area contributed by atoms with Crippen molar-refractivity contribution in [2.24, 2.45) is 0 Å². The third kappa shape index (κ3) is 4.21. The Morgan fingerprint density at radius 1 is 1.27 bits per heavy atom. The van der Waals surface area contributed by atoms with E-state index < -0.39 is 0 Å². The summed E-state index contributed by atoms with van der Waals surface area (Å²) in [6.45, 7) is 4.19. The average molecular weight is 364 g/mol. The third-order valence-electron chi connectivity index (χ3n) is 3.48. The first-order chi connectivity index (χ1) is 10.5. The quantitative estimate of drug-likeness (QED) is 0.854. The van der Waals surface area contributed by atoms with Crippen LogP contribution in [0.2, 0.25) is 0 Å². The molecule has 0 unspecified atom stereocenters. The molecule has 0 spiro atoms. The van der Waals surface area contributed by atoms with Gasteiger partial charge in [-0.2, -0.15) is 0 Å². The molecule has 1 heterocycles. The molecule has 0 saturated heterocycles. The first kappa shape index (κ1) is 16.8. The normalized spacial score (nSPS) is 11.0. The van der Waals surface area contributed by atoms with Crippen LogP contribution in [0.1, 0.15) is 28.5 Å². The Hall–Kier alpha value is -1.59. The van der Waals surface area contributed by atoms with Gasteiger partial charge in [0.25, 0.3) is 5.91 Å². The highest BCUT2D eigenvalue weighted by molar-refractivity contribution is 9.10. The third-order valence-corrected chi connectivity index (χ3v) is 3.91. The number of nitrogens with one attached hydrogen (secondary N) is 1. The number of amides is 1. The smallest absolute Gasteiger partial charge is 0.268 e. The van der Waals surface area contributed by atoms with Gasteiger partial charge in [-0.3, -0.25) is 4.79 Å². The minimum absolute atomic E-state index is 0.0489. The van der Waals surface area contributed by atoms with Crippen LogP contribution in [-0.4, -0.2) is 29.5 Å². The van der Waals surface area contributed by atoms with Crippen LogP contribution >= 0.6 is 15.9 Å². The summed E-state index contributed by atoms with van der Waals surface area (Å²) in [6, 6.07) is 10.1. The van der Waals surface area contributed by atoms with Crippen LogP contribution in [0, 0.1) is 0 Å². The van der Waals surface area contributed by atoms with Gasteiger partial charge in [-0.1, -0.05) is 24.3 Å². The summed E-state index contributed by atoms with van der Waals surface area (Å²) in [6.07, 6.45) is 1.93. The maximum atomic E-state index is 12.4. The van der Waals surface area contributed by atoms with Crippen LogP contribution in [0.3, 0.4) is 0 Å². The van der Waals surface area contributed by atoms with Gasteiger partial charge in [0, 0.05) is 30.3 Å². The lowest BCUT2D eigenvalue weighted by atomic mass is 10.1. The lowest BCUT2D eigenvalue weighted by Crippen LogP contribution is -2.26. The van der Waals surface area contributed by atoms with E-state index in [-0.39, 0.29) is 5.91 Å². The summed E-state index contributed by atoms with van der Waals surface area (Å²) in [5, 5.41) is 3.02. The summed E-state index contributed by atoms with van der Waals surface area (Å²) in [5.74, 6) is -0.0489. The number of benzene rings is 1. The molecule has 0 fully saturated rings. The van der Waals surface area contributed by atoms with E-state index >= 15 is 0 Å². The number of hydrogen-bond donors (Lipinski definition) is 1. The second-order valence-electron chi connectivity index (χ2n) is 5.52. The molecule has 5 heteroatoms. The molecular weight excluding hydrogens is 342 g/mol. The van der Waals surface area contributed by atoms with E-state index in [2.05, 4.69) is 38.3 Å². The molecule has 0 radical (unpaired) electrons. The Bertz CT molecular complexity index is 649. The number of aryl methyl sites for hydroxylation is 1. The van der Waals surface area contributed by atoms with Crippen molar-refractivity contribution in [3.05, 3.63) is 57.8 Å². The minimum Gasteiger partial charge on any atom is -0.347 e. The van der Waals surface area contributed by atoms with Gasteiger partial charge >= 0.3 is 0 Å². The van der Waals surface area contributed by atoms with Crippen LogP contribution in [0.4, 0.5) is 0 Å². The summed E-state index contributed by atoms with van der Waals surface area (Å²) in [5.41, 5.74) is 3.07. The van der Waals surface area contributed by atoms with Gasteiger partial charge in [0.2, 0.25) is 0 Å². The molecular formula is C17H22BrN3O. The monoisotopic (exact) mass is 363 g/mol. The molecule has 0 saturated carbocycles. The molecule has 0 aliphatic rings. The second kappa shape index (κ2) is 7.61. The molecule has 1 amide bonds. The average Bonchev–Trinajstić information content (AvgIpc) is 2.86. The second-order valence-corrected chi connectivity index (χ2v) is 6.43. The molecule has 2 aromatic rings. The number of halogens is 1. The van der Waals surface area contributed by atoms with E-state index in [0.717, 1.165) is 23.1 Å². The fourth-order valence-electron chi connectivity index (χ4n) is 2.42. The van der Waals surface area contributed by atoms with E-state index in [1.54, 1.807) is 0 Å². The first-order valence-corrected chi connectivity index (χ1v) is 8.16. The molecule has 1 aromatic heterocycles. The molecule has 0 aliphatic heterocycles. The predicted molar refractivity (Wildman–Crippen MR) is 92.8 cm³/mol. The van der Waals surface area contributed by atoms with E-state index in [1.165, 1.54) is 5.56 Å². The van der Waals surface area contributed by atoms with Gasteiger partial charge in [-0.15, -0.1) is 0 Å². The Labute approximate surface area is 140 Å². The zero-order valence-corrected chi connectivity index (χ0v) is 14.9. The minimum atomic E-state index is -0.0489. The van der Waals surface area contributed by atoms with Crippen molar-refractivity contribution in [2.75, 3.05) is 14.1 Å². The maximum Gasteiger partial charge on any atom is 0.268 e. The highest BCUT2D eigenvalue weighted by atomic mass is 79.9. The SMILES string of the molecule is CCn1cc(Br)cc1C(=O)NCc1ccccc1CN(C)C. The predicted octanol–water partition coefficient (Wildman–Crippen LogP) is 3.26. The molecule has 0 atom stereocenters. The standard InChI is InChI=1S/C17H22BrN3O/c1-4-21-12-15(18)9-16(21)17(22)19-10-13-7-5-6-8-14(13)11-20(2)3/h5-9,12H,4,10-11H2,1-3H3,(H,19,22). The van der Waals surface area contributed by atoms with Crippen molar-refractivity contribution in [3.63, 3.8) is 0 Å². The van der Waals surface area contributed by atoms with Crippen LogP contribution in [0.15, 0.2) is 41.0 Å². The van der Waals surface area contributed by atoms with Crippen molar-refractivity contribution in [3.8, 4) is 0 Å². The maximum absolute atomic E-state index is 12.4. The number of hydrogen-bond acceptors (Lipinski definition) is 2. The highest BCUT2D eigenvalue weighted by Gasteiger charge is 2.12. The fourth-order valence-corrected chi connectivity index (χ4v) is 2.88. The molecule has 0 bridgehead atoms. The van der Waals surface area contributed by atoms with Crippen LogP contribution < -0.4 is 5.32 Å². The zero-order valence-electron chi connectivity index (χ0n) is 13.3. The molecule has 1 aromatic carbocycles. The Kier molecular flexibility index (Phi) is 5.80. The number of nitrogens with zero attached hydrogens (tertiary/aromatic N) is 2. The number of carbonyl (C=O) groups excluding carboxylic acids is 1.